The zero-order chi connectivity index (χ0) is 23.0. The van der Waals surface area contributed by atoms with Gasteiger partial charge in [-0.1, -0.05) is 41.6 Å². The van der Waals surface area contributed by atoms with E-state index in [1.54, 1.807) is 13.0 Å². The molecule has 0 radical (unpaired) electrons. The molecule has 7 nitrogen and oxygen atoms in total. The first-order chi connectivity index (χ1) is 15.2. The van der Waals surface area contributed by atoms with Crippen molar-refractivity contribution in [3.63, 3.8) is 0 Å². The fourth-order valence-electron chi connectivity index (χ4n) is 3.12. The van der Waals surface area contributed by atoms with Crippen LogP contribution >= 0.6 is 23.4 Å². The Balaban J connectivity index is 1.56. The highest BCUT2D eigenvalue weighted by Gasteiger charge is 2.28. The zero-order valence-corrected chi connectivity index (χ0v) is 20.3. The lowest BCUT2D eigenvalue weighted by Gasteiger charge is -2.16. The number of anilines is 1. The van der Waals surface area contributed by atoms with Gasteiger partial charge in [0.05, 0.1) is 15.8 Å². The number of thioether (sulfide) groups is 1. The van der Waals surface area contributed by atoms with Gasteiger partial charge in [0.2, 0.25) is 15.9 Å². The van der Waals surface area contributed by atoms with Crippen LogP contribution in [0, 0.1) is 0 Å². The molecule has 1 amide bonds. The Kier molecular flexibility index (Phi) is 6.44. The van der Waals surface area contributed by atoms with Crippen molar-refractivity contribution < 1.29 is 13.2 Å². The number of benzene rings is 2. The largest absolute Gasteiger partial charge is 0.325 e. The van der Waals surface area contributed by atoms with Crippen LogP contribution in [0.15, 0.2) is 52.4 Å². The van der Waals surface area contributed by atoms with Crippen molar-refractivity contribution in [3.05, 3.63) is 53.3 Å². The van der Waals surface area contributed by atoms with E-state index in [-0.39, 0.29) is 15.8 Å². The lowest BCUT2D eigenvalue weighted by atomic mass is 10.2. The average Bonchev–Trinajstić information content (AvgIpc) is 3.60. The maximum absolute atomic E-state index is 12.9. The van der Waals surface area contributed by atoms with Gasteiger partial charge in [-0.15, -0.1) is 0 Å². The molecule has 10 heteroatoms. The molecule has 1 unspecified atom stereocenters. The van der Waals surface area contributed by atoms with E-state index >= 15 is 0 Å². The molecule has 1 fully saturated rings. The quantitative estimate of drug-likeness (QED) is 0.386. The normalized spacial score (nSPS) is 15.2. The number of carbonyl (C=O) groups is 1. The number of para-hydroxylation sites is 1. The fraction of sp³-hybridized carbons (Fsp3) is 0.318. The van der Waals surface area contributed by atoms with Crippen LogP contribution in [0.1, 0.15) is 31.5 Å². The molecule has 3 aromatic rings. The number of carbonyl (C=O) groups excluding carboxylic acids is 1. The summed E-state index contributed by atoms with van der Waals surface area (Å²) in [6, 6.07) is 12.2. The van der Waals surface area contributed by atoms with Crippen LogP contribution in [0.25, 0.3) is 10.9 Å². The van der Waals surface area contributed by atoms with Crippen LogP contribution in [0.4, 0.5) is 5.69 Å². The van der Waals surface area contributed by atoms with Crippen LogP contribution < -0.4 is 5.32 Å². The van der Waals surface area contributed by atoms with Crippen LogP contribution in [0.5, 0.6) is 0 Å². The summed E-state index contributed by atoms with van der Waals surface area (Å²) in [5.41, 5.74) is 1.23. The average molecular weight is 491 g/mol. The van der Waals surface area contributed by atoms with Crippen LogP contribution in [0.3, 0.4) is 0 Å². The molecule has 1 aliphatic carbocycles. The molecular formula is C22H23ClN4O3S2. The van der Waals surface area contributed by atoms with Crippen molar-refractivity contribution in [2.24, 2.45) is 0 Å². The lowest BCUT2D eigenvalue weighted by Crippen LogP contribution is -2.24. The monoisotopic (exact) mass is 490 g/mol. The van der Waals surface area contributed by atoms with E-state index in [0.717, 1.165) is 38.9 Å². The fourth-order valence-corrected chi connectivity index (χ4v) is 5.46. The molecular weight excluding hydrogens is 468 g/mol. The molecule has 4 rings (SSSR count). The molecule has 0 spiro atoms. The molecule has 0 aliphatic heterocycles. The van der Waals surface area contributed by atoms with E-state index in [9.17, 15) is 13.2 Å². The van der Waals surface area contributed by atoms with Gasteiger partial charge in [0.1, 0.15) is 15.7 Å². The SMILES string of the molecule is CC(Sc1nc(C2CC2)nc2ccccc12)C(=O)Nc1ccc(Cl)c(S(=O)(=O)N(C)C)c1. The Labute approximate surface area is 196 Å². The van der Waals surface area contributed by atoms with E-state index in [2.05, 4.69) is 10.3 Å². The number of aromatic nitrogens is 2. The second kappa shape index (κ2) is 8.97. The number of amides is 1. The highest BCUT2D eigenvalue weighted by Crippen LogP contribution is 2.40. The molecule has 168 valence electrons. The molecule has 1 heterocycles. The molecule has 1 aromatic heterocycles. The second-order valence-electron chi connectivity index (χ2n) is 7.86. The number of nitrogens with zero attached hydrogens (tertiary/aromatic N) is 3. The second-order valence-corrected chi connectivity index (χ2v) is 11.7. The van der Waals surface area contributed by atoms with E-state index < -0.39 is 15.3 Å². The van der Waals surface area contributed by atoms with Crippen molar-refractivity contribution in [3.8, 4) is 0 Å². The van der Waals surface area contributed by atoms with Crippen molar-refractivity contribution in [2.45, 2.75) is 40.9 Å². The van der Waals surface area contributed by atoms with Gasteiger partial charge in [-0.2, -0.15) is 0 Å². The number of sulfonamides is 1. The molecule has 1 N–H and O–H groups in total. The third-order valence-corrected chi connectivity index (χ3v) is 8.54. The van der Waals surface area contributed by atoms with E-state index in [1.807, 2.05) is 24.3 Å². The van der Waals surface area contributed by atoms with Crippen LogP contribution in [0.2, 0.25) is 5.02 Å². The van der Waals surface area contributed by atoms with Crippen molar-refractivity contribution in [2.75, 3.05) is 19.4 Å². The molecule has 0 saturated heterocycles. The predicted octanol–water partition coefficient (Wildman–Crippen LogP) is 4.53. The minimum atomic E-state index is -3.74. The number of hydrogen-bond acceptors (Lipinski definition) is 6. The minimum Gasteiger partial charge on any atom is -0.325 e. The lowest BCUT2D eigenvalue weighted by molar-refractivity contribution is -0.115. The van der Waals surface area contributed by atoms with Gasteiger partial charge in [0, 0.05) is 31.1 Å². The topological polar surface area (TPSA) is 92.3 Å². The summed E-state index contributed by atoms with van der Waals surface area (Å²) in [7, 11) is -0.882. The summed E-state index contributed by atoms with van der Waals surface area (Å²) in [6.45, 7) is 1.79. The van der Waals surface area contributed by atoms with Gasteiger partial charge < -0.3 is 5.32 Å². The summed E-state index contributed by atoms with van der Waals surface area (Å²) in [5, 5.41) is 4.10. The third-order valence-electron chi connectivity index (χ3n) is 5.14. The molecule has 1 atom stereocenters. The van der Waals surface area contributed by atoms with Gasteiger partial charge >= 0.3 is 0 Å². The van der Waals surface area contributed by atoms with Gasteiger partial charge in [-0.05, 0) is 44.0 Å². The Morgan fingerprint density at radius 2 is 1.91 bits per heavy atom. The molecule has 2 aromatic carbocycles. The summed E-state index contributed by atoms with van der Waals surface area (Å²) in [6.07, 6.45) is 2.18. The summed E-state index contributed by atoms with van der Waals surface area (Å²) in [4.78, 5) is 22.3. The van der Waals surface area contributed by atoms with Gasteiger partial charge in [-0.3, -0.25) is 4.79 Å². The molecule has 0 bridgehead atoms. The first-order valence-electron chi connectivity index (χ1n) is 10.1. The first-order valence-corrected chi connectivity index (χ1v) is 12.8. The number of fused-ring (bicyclic) bond motifs is 1. The smallest absolute Gasteiger partial charge is 0.244 e. The molecule has 1 saturated carbocycles. The van der Waals surface area contributed by atoms with E-state index in [1.165, 1.54) is 38.0 Å². The predicted molar refractivity (Wildman–Crippen MR) is 128 cm³/mol. The number of halogens is 1. The Bertz CT molecular complexity index is 1290. The maximum atomic E-state index is 12.9. The third kappa shape index (κ3) is 4.76. The Morgan fingerprint density at radius 3 is 2.59 bits per heavy atom. The van der Waals surface area contributed by atoms with Gasteiger partial charge in [-0.25, -0.2) is 22.7 Å². The van der Waals surface area contributed by atoms with Crippen molar-refractivity contribution in [1.82, 2.24) is 14.3 Å². The highest BCUT2D eigenvalue weighted by atomic mass is 35.5. The Morgan fingerprint density at radius 1 is 1.19 bits per heavy atom. The van der Waals surface area contributed by atoms with Crippen molar-refractivity contribution in [1.29, 1.82) is 0 Å². The standard InChI is InChI=1S/C22H23ClN4O3S2/c1-13(21(28)24-15-10-11-17(23)19(12-15)32(29,30)27(2)3)31-22-16-6-4-5-7-18(16)25-20(26-22)14-8-9-14/h4-7,10-14H,8-9H2,1-3H3,(H,24,28). The van der Waals surface area contributed by atoms with Crippen LogP contribution in [-0.4, -0.2) is 47.9 Å². The number of rotatable bonds is 7. The highest BCUT2D eigenvalue weighted by molar-refractivity contribution is 8.00. The van der Waals surface area contributed by atoms with Crippen LogP contribution in [-0.2, 0) is 14.8 Å². The zero-order valence-electron chi connectivity index (χ0n) is 17.9. The number of hydrogen-bond donors (Lipinski definition) is 1. The minimum absolute atomic E-state index is 0.0573. The summed E-state index contributed by atoms with van der Waals surface area (Å²) >= 11 is 7.46. The Hall–Kier alpha value is -2.20. The summed E-state index contributed by atoms with van der Waals surface area (Å²) < 4.78 is 26.1. The van der Waals surface area contributed by atoms with Crippen molar-refractivity contribution >= 4 is 55.9 Å². The van der Waals surface area contributed by atoms with E-state index in [0.29, 0.717) is 11.6 Å². The number of nitrogens with one attached hydrogen (secondary N) is 1. The summed E-state index contributed by atoms with van der Waals surface area (Å²) in [5.74, 6) is 0.963. The van der Waals surface area contributed by atoms with E-state index in [4.69, 9.17) is 16.6 Å². The first kappa shape index (κ1) is 23.0. The van der Waals surface area contributed by atoms with Gasteiger partial charge in [0.15, 0.2) is 0 Å². The molecule has 32 heavy (non-hydrogen) atoms. The molecule has 1 aliphatic rings. The maximum Gasteiger partial charge on any atom is 0.244 e. The van der Waals surface area contributed by atoms with Gasteiger partial charge in [0.25, 0.3) is 0 Å².